The molecule has 2 atom stereocenters. The van der Waals surface area contributed by atoms with Gasteiger partial charge >= 0.3 is 0 Å². The van der Waals surface area contributed by atoms with Crippen molar-refractivity contribution in [3.05, 3.63) is 47.4 Å². The summed E-state index contributed by atoms with van der Waals surface area (Å²) >= 11 is 0. The maximum atomic E-state index is 13.6. The van der Waals surface area contributed by atoms with Gasteiger partial charge in [0.1, 0.15) is 5.82 Å². The molecule has 0 saturated carbocycles. The van der Waals surface area contributed by atoms with Gasteiger partial charge in [0.15, 0.2) is 0 Å². The molecule has 11 heteroatoms. The molecule has 0 saturated heterocycles. The van der Waals surface area contributed by atoms with Crippen LogP contribution in [0.3, 0.4) is 0 Å². The lowest BCUT2D eigenvalue weighted by atomic mass is 9.97. The minimum absolute atomic E-state index is 0.0384. The SMILES string of the molecule is CC(C)c1nc(N(C)S(C)(=O)=O)nc(-c2ccc(F)cc2)c1C=C[C@@H](O)C[C@@H](O)CC(=O)NC(C)(C)C. The molecule has 0 bridgehead atoms. The summed E-state index contributed by atoms with van der Waals surface area (Å²) in [5, 5.41) is 23.6. The van der Waals surface area contributed by atoms with Crippen molar-refractivity contribution in [1.82, 2.24) is 15.3 Å². The Bertz CT molecular complexity index is 1220. The molecule has 0 aliphatic heterocycles. The van der Waals surface area contributed by atoms with Crippen molar-refractivity contribution < 1.29 is 27.8 Å². The fraction of sp³-hybridized carbons (Fsp3) is 0.500. The van der Waals surface area contributed by atoms with E-state index < -0.39 is 33.6 Å². The lowest BCUT2D eigenvalue weighted by Gasteiger charge is -2.22. The zero-order chi connectivity index (χ0) is 28.1. The summed E-state index contributed by atoms with van der Waals surface area (Å²) in [6.07, 6.45) is 1.72. The number of carbonyl (C=O) groups excluding carboxylic acids is 1. The van der Waals surface area contributed by atoms with Crippen LogP contribution in [0.4, 0.5) is 10.3 Å². The lowest BCUT2D eigenvalue weighted by molar-refractivity contribution is -0.124. The van der Waals surface area contributed by atoms with Crippen molar-refractivity contribution in [2.45, 2.75) is 71.1 Å². The van der Waals surface area contributed by atoms with Gasteiger partial charge < -0.3 is 15.5 Å². The molecule has 2 aromatic rings. The summed E-state index contributed by atoms with van der Waals surface area (Å²) in [5.74, 6) is -0.955. The molecule has 9 nitrogen and oxygen atoms in total. The van der Waals surface area contributed by atoms with E-state index in [9.17, 15) is 27.8 Å². The predicted octanol–water partition coefficient (Wildman–Crippen LogP) is 3.23. The number of amides is 1. The van der Waals surface area contributed by atoms with E-state index in [-0.39, 0.29) is 30.6 Å². The molecule has 1 heterocycles. The standard InChI is InChI=1S/C26H37FN4O5S/c1-16(2)23-21(13-12-19(32)14-20(33)15-22(34)30-26(3,4)5)24(17-8-10-18(27)11-9-17)29-25(28-23)31(6)37(7,35)36/h8-13,16,19-20,32-33H,14-15H2,1-7H3,(H,30,34)/t19-,20-/m1/s1. The second-order valence-corrected chi connectivity index (χ2v) is 12.4. The second kappa shape index (κ2) is 12.1. The van der Waals surface area contributed by atoms with E-state index in [2.05, 4.69) is 15.3 Å². The van der Waals surface area contributed by atoms with Gasteiger partial charge in [0.05, 0.1) is 36.3 Å². The third kappa shape index (κ3) is 9.17. The van der Waals surface area contributed by atoms with Gasteiger partial charge in [-0.1, -0.05) is 26.0 Å². The molecule has 0 unspecified atom stereocenters. The van der Waals surface area contributed by atoms with Crippen LogP contribution in [0.1, 0.15) is 64.6 Å². The third-order valence-corrected chi connectivity index (χ3v) is 6.50. The lowest BCUT2D eigenvalue weighted by Crippen LogP contribution is -2.42. The highest BCUT2D eigenvalue weighted by atomic mass is 32.2. The van der Waals surface area contributed by atoms with Gasteiger partial charge in [0, 0.05) is 30.1 Å². The Morgan fingerprint density at radius 3 is 2.27 bits per heavy atom. The number of aliphatic hydroxyl groups is 2. The minimum Gasteiger partial charge on any atom is -0.392 e. The highest BCUT2D eigenvalue weighted by Gasteiger charge is 2.23. The van der Waals surface area contributed by atoms with Crippen LogP contribution in [0.5, 0.6) is 0 Å². The average Bonchev–Trinajstić information content (AvgIpc) is 2.75. The summed E-state index contributed by atoms with van der Waals surface area (Å²) in [7, 11) is -2.30. The smallest absolute Gasteiger partial charge is 0.239 e. The molecule has 0 aliphatic carbocycles. The van der Waals surface area contributed by atoms with Gasteiger partial charge in [-0.2, -0.15) is 0 Å². The molecule has 1 amide bonds. The monoisotopic (exact) mass is 536 g/mol. The van der Waals surface area contributed by atoms with E-state index in [1.165, 1.54) is 37.4 Å². The normalized spacial score (nSPS) is 14.1. The zero-order valence-corrected chi connectivity index (χ0v) is 23.2. The van der Waals surface area contributed by atoms with Crippen molar-refractivity contribution in [1.29, 1.82) is 0 Å². The number of hydrogen-bond donors (Lipinski definition) is 3. The Morgan fingerprint density at radius 1 is 1.16 bits per heavy atom. The maximum Gasteiger partial charge on any atom is 0.239 e. The number of nitrogens with zero attached hydrogens (tertiary/aromatic N) is 3. The van der Waals surface area contributed by atoms with Crippen molar-refractivity contribution in [3.8, 4) is 11.3 Å². The number of nitrogens with one attached hydrogen (secondary N) is 1. The largest absolute Gasteiger partial charge is 0.392 e. The number of benzene rings is 1. The van der Waals surface area contributed by atoms with Gasteiger partial charge in [-0.05, 0) is 51.0 Å². The summed E-state index contributed by atoms with van der Waals surface area (Å²) in [6, 6.07) is 5.59. The Kier molecular flexibility index (Phi) is 9.92. The van der Waals surface area contributed by atoms with E-state index in [1.54, 1.807) is 6.08 Å². The Hall–Kier alpha value is -2.89. The van der Waals surface area contributed by atoms with Crippen LogP contribution in [-0.2, 0) is 14.8 Å². The van der Waals surface area contributed by atoms with Gasteiger partial charge in [-0.15, -0.1) is 0 Å². The van der Waals surface area contributed by atoms with E-state index in [1.807, 2.05) is 34.6 Å². The molecule has 1 aromatic carbocycles. The molecular weight excluding hydrogens is 499 g/mol. The van der Waals surface area contributed by atoms with Crippen LogP contribution >= 0.6 is 0 Å². The van der Waals surface area contributed by atoms with Gasteiger partial charge in [-0.25, -0.2) is 27.1 Å². The molecule has 0 fully saturated rings. The number of halogens is 1. The molecule has 204 valence electrons. The van der Waals surface area contributed by atoms with Crippen LogP contribution in [0.2, 0.25) is 0 Å². The Labute approximate surface area is 218 Å². The first-order valence-corrected chi connectivity index (χ1v) is 13.8. The van der Waals surface area contributed by atoms with Crippen molar-refractivity contribution in [3.63, 3.8) is 0 Å². The molecule has 1 aromatic heterocycles. The van der Waals surface area contributed by atoms with Crippen LogP contribution in [0.15, 0.2) is 30.3 Å². The average molecular weight is 537 g/mol. The van der Waals surface area contributed by atoms with Gasteiger partial charge in [-0.3, -0.25) is 4.79 Å². The van der Waals surface area contributed by atoms with E-state index >= 15 is 0 Å². The first-order chi connectivity index (χ1) is 17.0. The number of sulfonamides is 1. The van der Waals surface area contributed by atoms with Crippen molar-refractivity contribution >= 4 is 28.0 Å². The molecule has 37 heavy (non-hydrogen) atoms. The summed E-state index contributed by atoms with van der Waals surface area (Å²) in [4.78, 5) is 21.0. The number of anilines is 1. The first kappa shape index (κ1) is 30.3. The first-order valence-electron chi connectivity index (χ1n) is 11.9. The van der Waals surface area contributed by atoms with Crippen LogP contribution in [0.25, 0.3) is 17.3 Å². The van der Waals surface area contributed by atoms with E-state index in [0.29, 0.717) is 22.5 Å². The van der Waals surface area contributed by atoms with Crippen molar-refractivity contribution in [2.24, 2.45) is 0 Å². The molecule has 0 spiro atoms. The summed E-state index contributed by atoms with van der Waals surface area (Å²) in [5.41, 5.74) is 1.50. The Balaban J connectivity index is 2.45. The summed E-state index contributed by atoms with van der Waals surface area (Å²) in [6.45, 7) is 9.27. The number of aliphatic hydroxyl groups excluding tert-OH is 2. The highest BCUT2D eigenvalue weighted by Crippen LogP contribution is 2.31. The van der Waals surface area contributed by atoms with Gasteiger partial charge in [0.25, 0.3) is 0 Å². The Morgan fingerprint density at radius 2 is 1.76 bits per heavy atom. The van der Waals surface area contributed by atoms with Crippen molar-refractivity contribution in [2.75, 3.05) is 17.6 Å². The highest BCUT2D eigenvalue weighted by molar-refractivity contribution is 7.92. The topological polar surface area (TPSA) is 133 Å². The van der Waals surface area contributed by atoms with Crippen LogP contribution in [0, 0.1) is 5.82 Å². The third-order valence-electron chi connectivity index (χ3n) is 5.34. The maximum absolute atomic E-state index is 13.6. The minimum atomic E-state index is -3.65. The van der Waals surface area contributed by atoms with Crippen LogP contribution in [-0.4, -0.2) is 65.6 Å². The molecule has 3 N–H and O–H groups in total. The fourth-order valence-electron chi connectivity index (χ4n) is 3.53. The number of aromatic nitrogens is 2. The molecule has 2 rings (SSSR count). The van der Waals surface area contributed by atoms with E-state index in [0.717, 1.165) is 10.6 Å². The van der Waals surface area contributed by atoms with Gasteiger partial charge in [0.2, 0.25) is 21.9 Å². The molecular formula is C26H37FN4O5S. The van der Waals surface area contributed by atoms with Crippen LogP contribution < -0.4 is 9.62 Å². The fourth-order valence-corrected chi connectivity index (χ4v) is 3.91. The second-order valence-electron chi connectivity index (χ2n) is 10.4. The molecule has 0 aliphatic rings. The number of rotatable bonds is 10. The predicted molar refractivity (Wildman–Crippen MR) is 143 cm³/mol. The molecule has 0 radical (unpaired) electrons. The quantitative estimate of drug-likeness (QED) is 0.425. The number of hydrogen-bond acceptors (Lipinski definition) is 7. The zero-order valence-electron chi connectivity index (χ0n) is 22.4. The van der Waals surface area contributed by atoms with E-state index in [4.69, 9.17) is 0 Å². The summed E-state index contributed by atoms with van der Waals surface area (Å²) < 4.78 is 38.9. The number of carbonyl (C=O) groups is 1.